The van der Waals surface area contributed by atoms with Gasteiger partial charge in [-0.1, -0.05) is 35.5 Å². The molecule has 0 spiro atoms. The first-order valence-corrected chi connectivity index (χ1v) is 10.3. The number of imidazole rings is 1. The molecule has 1 aromatic carbocycles. The zero-order valence-corrected chi connectivity index (χ0v) is 17.0. The molecule has 0 amide bonds. The van der Waals surface area contributed by atoms with E-state index in [4.69, 9.17) is 4.52 Å². The van der Waals surface area contributed by atoms with Crippen molar-refractivity contribution >= 4 is 16.7 Å². The Morgan fingerprint density at radius 3 is 2.69 bits per heavy atom. The van der Waals surface area contributed by atoms with Crippen molar-refractivity contribution in [2.75, 3.05) is 0 Å². The maximum Gasteiger partial charge on any atom is 0.280 e. The number of halogens is 2. The van der Waals surface area contributed by atoms with Gasteiger partial charge < -0.3 is 9.09 Å². The van der Waals surface area contributed by atoms with Crippen molar-refractivity contribution in [2.24, 2.45) is 18.9 Å². The van der Waals surface area contributed by atoms with Crippen LogP contribution in [0.3, 0.4) is 0 Å². The molecule has 1 saturated carbocycles. The zero-order chi connectivity index (χ0) is 22.0. The molecule has 3 atom stereocenters. The SMILES string of the molecule is Cn1cnc2ncn(Cc3nc([C@@H]4[C@H]5C=C(c6ccc(C(F)F)cc6)C[C@H]54)no3)c(=O)c21. The topological polar surface area (TPSA) is 91.6 Å². The van der Waals surface area contributed by atoms with Crippen molar-refractivity contribution in [1.82, 2.24) is 29.2 Å². The van der Waals surface area contributed by atoms with Crippen LogP contribution in [0, 0.1) is 11.8 Å². The van der Waals surface area contributed by atoms with Crippen LogP contribution in [0.1, 0.15) is 41.6 Å². The number of benzene rings is 1. The van der Waals surface area contributed by atoms with Gasteiger partial charge in [-0.25, -0.2) is 18.7 Å². The van der Waals surface area contributed by atoms with Crippen molar-refractivity contribution in [3.63, 3.8) is 0 Å². The summed E-state index contributed by atoms with van der Waals surface area (Å²) in [4.78, 5) is 25.5. The van der Waals surface area contributed by atoms with E-state index >= 15 is 0 Å². The smallest absolute Gasteiger partial charge is 0.280 e. The van der Waals surface area contributed by atoms with Crippen LogP contribution in [0.2, 0.25) is 0 Å². The first kappa shape index (κ1) is 19.0. The van der Waals surface area contributed by atoms with E-state index in [-0.39, 0.29) is 23.6 Å². The van der Waals surface area contributed by atoms with Gasteiger partial charge in [0.15, 0.2) is 17.0 Å². The van der Waals surface area contributed by atoms with Crippen molar-refractivity contribution in [1.29, 1.82) is 0 Å². The molecule has 1 fully saturated rings. The van der Waals surface area contributed by atoms with E-state index in [1.54, 1.807) is 30.1 Å². The average Bonchev–Trinajstić information content (AvgIpc) is 3.21. The van der Waals surface area contributed by atoms with Gasteiger partial charge in [0, 0.05) is 18.5 Å². The lowest BCUT2D eigenvalue weighted by molar-refractivity contribution is 0.151. The number of nitrogens with zero attached hydrogens (tertiary/aromatic N) is 6. The first-order valence-electron chi connectivity index (χ1n) is 10.3. The fourth-order valence-corrected chi connectivity index (χ4v) is 4.66. The molecule has 0 bridgehead atoms. The lowest BCUT2D eigenvalue weighted by Crippen LogP contribution is -2.22. The van der Waals surface area contributed by atoms with E-state index in [0.717, 1.165) is 12.0 Å². The third kappa shape index (κ3) is 2.97. The van der Waals surface area contributed by atoms with E-state index in [0.29, 0.717) is 34.7 Å². The minimum atomic E-state index is -2.45. The van der Waals surface area contributed by atoms with Gasteiger partial charge in [-0.3, -0.25) is 9.36 Å². The third-order valence-electron chi connectivity index (χ3n) is 6.40. The Hall–Kier alpha value is -3.69. The summed E-state index contributed by atoms with van der Waals surface area (Å²) in [5.74, 6) is 1.88. The zero-order valence-electron chi connectivity index (χ0n) is 17.0. The van der Waals surface area contributed by atoms with Crippen LogP contribution < -0.4 is 5.56 Å². The summed E-state index contributed by atoms with van der Waals surface area (Å²) in [6.45, 7) is 0.138. The number of aromatic nitrogens is 6. The Morgan fingerprint density at radius 1 is 1.19 bits per heavy atom. The quantitative estimate of drug-likeness (QED) is 0.477. The Kier molecular flexibility index (Phi) is 4.11. The summed E-state index contributed by atoms with van der Waals surface area (Å²) in [5, 5.41) is 4.13. The monoisotopic (exact) mass is 436 g/mol. The Balaban J connectivity index is 1.17. The molecule has 0 N–H and O–H groups in total. The van der Waals surface area contributed by atoms with Gasteiger partial charge in [0.05, 0.1) is 6.33 Å². The maximum absolute atomic E-state index is 12.8. The van der Waals surface area contributed by atoms with E-state index < -0.39 is 6.43 Å². The van der Waals surface area contributed by atoms with E-state index in [2.05, 4.69) is 26.2 Å². The Bertz CT molecular complexity index is 1420. The van der Waals surface area contributed by atoms with Gasteiger partial charge >= 0.3 is 0 Å². The van der Waals surface area contributed by atoms with Gasteiger partial charge in [-0.05, 0) is 29.4 Å². The number of hydrogen-bond donors (Lipinski definition) is 0. The molecule has 0 radical (unpaired) electrons. The molecule has 162 valence electrons. The molecule has 0 saturated heterocycles. The number of hydrogen-bond acceptors (Lipinski definition) is 6. The standard InChI is InChI=1S/C22H18F2N6O2/c1-29-9-25-21-18(29)22(31)30(10-26-21)8-16-27-20(28-32-16)17-14-6-13(7-15(14)17)11-2-4-12(5-3-11)19(23)24/h2-6,9-10,14-15,17,19H,7-8H2,1H3/t14-,15+,17+/m0/s1. The molecule has 2 aliphatic rings. The second-order valence-electron chi connectivity index (χ2n) is 8.34. The normalized spacial score (nSPS) is 21.9. The highest BCUT2D eigenvalue weighted by molar-refractivity contribution is 5.71. The van der Waals surface area contributed by atoms with Crippen LogP contribution in [0.5, 0.6) is 0 Å². The second kappa shape index (κ2) is 6.91. The lowest BCUT2D eigenvalue weighted by atomic mass is 9.99. The van der Waals surface area contributed by atoms with Gasteiger partial charge in [-0.2, -0.15) is 4.98 Å². The summed E-state index contributed by atoms with van der Waals surface area (Å²) >= 11 is 0. The predicted octanol–water partition coefficient (Wildman–Crippen LogP) is 3.32. The Morgan fingerprint density at radius 2 is 1.97 bits per heavy atom. The molecule has 10 heteroatoms. The third-order valence-corrected chi connectivity index (χ3v) is 6.40. The summed E-state index contributed by atoms with van der Waals surface area (Å²) in [6.07, 6.45) is 3.57. The highest BCUT2D eigenvalue weighted by Crippen LogP contribution is 2.62. The molecular formula is C22H18F2N6O2. The fourth-order valence-electron chi connectivity index (χ4n) is 4.66. The highest BCUT2D eigenvalue weighted by atomic mass is 19.3. The second-order valence-corrected chi connectivity index (χ2v) is 8.34. The van der Waals surface area contributed by atoms with Crippen LogP contribution in [0.25, 0.3) is 16.7 Å². The van der Waals surface area contributed by atoms with Crippen LogP contribution in [-0.2, 0) is 13.6 Å². The van der Waals surface area contributed by atoms with Crippen molar-refractivity contribution in [3.05, 3.63) is 76.2 Å². The largest absolute Gasteiger partial charge is 0.337 e. The molecule has 3 aromatic heterocycles. The van der Waals surface area contributed by atoms with E-state index in [1.807, 2.05) is 0 Å². The maximum atomic E-state index is 12.8. The molecule has 4 aromatic rings. The average molecular weight is 436 g/mol. The fraction of sp³-hybridized carbons (Fsp3) is 0.318. The van der Waals surface area contributed by atoms with Gasteiger partial charge in [-0.15, -0.1) is 0 Å². The molecule has 0 unspecified atom stereocenters. The molecule has 3 heterocycles. The number of aryl methyl sites for hydroxylation is 1. The lowest BCUT2D eigenvalue weighted by Gasteiger charge is -2.07. The van der Waals surface area contributed by atoms with Gasteiger partial charge in [0.25, 0.3) is 12.0 Å². The van der Waals surface area contributed by atoms with Crippen molar-refractivity contribution < 1.29 is 13.3 Å². The Labute approximate surface area is 180 Å². The molecule has 6 rings (SSSR count). The highest BCUT2D eigenvalue weighted by Gasteiger charge is 2.55. The van der Waals surface area contributed by atoms with Gasteiger partial charge in [0.1, 0.15) is 12.9 Å². The molecule has 32 heavy (non-hydrogen) atoms. The molecule has 2 aliphatic carbocycles. The summed E-state index contributed by atoms with van der Waals surface area (Å²) in [6, 6.07) is 6.47. The number of alkyl halides is 2. The molecular weight excluding hydrogens is 418 g/mol. The summed E-state index contributed by atoms with van der Waals surface area (Å²) < 4.78 is 34.0. The predicted molar refractivity (Wildman–Crippen MR) is 110 cm³/mol. The summed E-state index contributed by atoms with van der Waals surface area (Å²) in [7, 11) is 1.74. The van der Waals surface area contributed by atoms with Crippen molar-refractivity contribution in [2.45, 2.75) is 25.3 Å². The molecule has 0 aliphatic heterocycles. The minimum Gasteiger partial charge on any atom is -0.337 e. The van der Waals surface area contributed by atoms with Crippen LogP contribution in [0.4, 0.5) is 8.78 Å². The van der Waals surface area contributed by atoms with Crippen LogP contribution in [0.15, 0.2) is 52.3 Å². The van der Waals surface area contributed by atoms with Crippen LogP contribution >= 0.6 is 0 Å². The number of allylic oxidation sites excluding steroid dienone is 2. The minimum absolute atomic E-state index is 0.0339. The van der Waals surface area contributed by atoms with Gasteiger partial charge in [0.2, 0.25) is 5.89 Å². The molecule has 8 nitrogen and oxygen atoms in total. The number of fused-ring (bicyclic) bond motifs is 2. The van der Waals surface area contributed by atoms with Crippen LogP contribution in [-0.4, -0.2) is 29.2 Å². The van der Waals surface area contributed by atoms with E-state index in [9.17, 15) is 13.6 Å². The number of rotatable bonds is 5. The first-order chi connectivity index (χ1) is 15.5. The summed E-state index contributed by atoms with van der Waals surface area (Å²) in [5.41, 5.74) is 2.78. The van der Waals surface area contributed by atoms with E-state index in [1.165, 1.54) is 28.6 Å². The van der Waals surface area contributed by atoms with Crippen molar-refractivity contribution in [3.8, 4) is 0 Å².